The fourth-order valence-electron chi connectivity index (χ4n) is 5.09. The largest absolute Gasteiger partial charge is 0.352 e. The van der Waals surface area contributed by atoms with Gasteiger partial charge in [-0.05, 0) is 56.6 Å². The molecule has 1 aliphatic carbocycles. The van der Waals surface area contributed by atoms with Crippen molar-refractivity contribution in [3.63, 3.8) is 0 Å². The Morgan fingerprint density at radius 3 is 2.60 bits per heavy atom. The number of likely N-dealkylation sites (tertiary alicyclic amines) is 1. The molecule has 0 bridgehead atoms. The van der Waals surface area contributed by atoms with Crippen molar-refractivity contribution >= 4 is 11.8 Å². The van der Waals surface area contributed by atoms with Crippen LogP contribution >= 0.6 is 0 Å². The molecule has 4 nitrogen and oxygen atoms in total. The number of amides is 2. The third kappa shape index (κ3) is 6.09. The van der Waals surface area contributed by atoms with Gasteiger partial charge in [0.15, 0.2) is 0 Å². The van der Waals surface area contributed by atoms with Gasteiger partial charge in [-0.1, -0.05) is 69.7 Å². The molecule has 1 N–H and O–H groups in total. The molecule has 1 fully saturated rings. The summed E-state index contributed by atoms with van der Waals surface area (Å²) in [6.45, 7) is 5.06. The highest BCUT2D eigenvalue weighted by molar-refractivity contribution is 5.89. The zero-order valence-electron chi connectivity index (χ0n) is 19.0. The van der Waals surface area contributed by atoms with Crippen LogP contribution in [0, 0.1) is 5.92 Å². The molecule has 1 saturated heterocycles. The normalized spacial score (nSPS) is 21.9. The number of carbonyl (C=O) groups excluding carboxylic acids is 2. The molecule has 1 aliphatic heterocycles. The maximum Gasteiger partial charge on any atom is 0.243 e. The molecule has 0 spiro atoms. The molecule has 0 radical (unpaired) electrons. The zero-order chi connectivity index (χ0) is 21.3. The lowest BCUT2D eigenvalue weighted by Gasteiger charge is -2.31. The number of nitrogens with zero attached hydrogens (tertiary/aromatic N) is 1. The summed E-state index contributed by atoms with van der Waals surface area (Å²) in [5, 5.41) is 3.19. The maximum atomic E-state index is 13.3. The topological polar surface area (TPSA) is 49.4 Å². The number of hydrogen-bond donors (Lipinski definition) is 1. The molecule has 3 unspecified atom stereocenters. The lowest BCUT2D eigenvalue weighted by molar-refractivity contribution is -0.142. The number of fused-ring (bicyclic) bond motifs is 1. The third-order valence-electron chi connectivity index (χ3n) is 6.91. The van der Waals surface area contributed by atoms with Gasteiger partial charge in [0.2, 0.25) is 11.8 Å². The first-order valence-electron chi connectivity index (χ1n) is 12.3. The van der Waals surface area contributed by atoms with Gasteiger partial charge in [-0.15, -0.1) is 0 Å². The fraction of sp³-hybridized carbons (Fsp3) is 0.692. The van der Waals surface area contributed by atoms with Gasteiger partial charge in [-0.3, -0.25) is 9.59 Å². The predicted octanol–water partition coefficient (Wildman–Crippen LogP) is 5.04. The second kappa shape index (κ2) is 11.5. The summed E-state index contributed by atoms with van der Waals surface area (Å²) >= 11 is 0. The van der Waals surface area contributed by atoms with Crippen molar-refractivity contribution in [2.45, 2.75) is 103 Å². The van der Waals surface area contributed by atoms with Crippen LogP contribution in [0.15, 0.2) is 24.3 Å². The van der Waals surface area contributed by atoms with Gasteiger partial charge in [0.25, 0.3) is 0 Å². The van der Waals surface area contributed by atoms with Crippen LogP contribution in [0.25, 0.3) is 0 Å². The molecule has 0 saturated carbocycles. The smallest absolute Gasteiger partial charge is 0.243 e. The predicted molar refractivity (Wildman–Crippen MR) is 122 cm³/mol. The van der Waals surface area contributed by atoms with Crippen LogP contribution in [-0.2, 0) is 22.4 Å². The molecule has 3 rings (SSSR count). The van der Waals surface area contributed by atoms with Crippen LogP contribution in [0.1, 0.15) is 89.2 Å². The van der Waals surface area contributed by atoms with Gasteiger partial charge < -0.3 is 10.2 Å². The van der Waals surface area contributed by atoms with E-state index in [4.69, 9.17) is 0 Å². The molecule has 0 aromatic heterocycles. The van der Waals surface area contributed by atoms with Crippen molar-refractivity contribution < 1.29 is 9.59 Å². The second-order valence-corrected chi connectivity index (χ2v) is 9.36. The SMILES string of the molecule is CCCCCCCCC(C)NC(=O)C1CCCN1C(=O)C1CCc2ccccc2C1. The highest BCUT2D eigenvalue weighted by Crippen LogP contribution is 2.29. The van der Waals surface area contributed by atoms with Crippen LogP contribution in [0.5, 0.6) is 0 Å². The summed E-state index contributed by atoms with van der Waals surface area (Å²) < 4.78 is 0. The number of carbonyl (C=O) groups is 2. The van der Waals surface area contributed by atoms with E-state index in [0.717, 1.165) is 45.1 Å². The van der Waals surface area contributed by atoms with E-state index in [1.165, 1.54) is 49.7 Å². The zero-order valence-corrected chi connectivity index (χ0v) is 19.0. The van der Waals surface area contributed by atoms with Gasteiger partial charge in [0, 0.05) is 18.5 Å². The molecular formula is C26H40N2O2. The van der Waals surface area contributed by atoms with Crippen molar-refractivity contribution in [1.82, 2.24) is 10.2 Å². The highest BCUT2D eigenvalue weighted by atomic mass is 16.2. The van der Waals surface area contributed by atoms with Crippen molar-refractivity contribution in [2.24, 2.45) is 5.92 Å². The van der Waals surface area contributed by atoms with E-state index in [-0.39, 0.29) is 29.8 Å². The van der Waals surface area contributed by atoms with Gasteiger partial charge in [-0.2, -0.15) is 0 Å². The van der Waals surface area contributed by atoms with E-state index in [1.54, 1.807) is 0 Å². The lowest BCUT2D eigenvalue weighted by Crippen LogP contribution is -2.50. The summed E-state index contributed by atoms with van der Waals surface area (Å²) in [7, 11) is 0. The maximum absolute atomic E-state index is 13.3. The van der Waals surface area contributed by atoms with Crippen molar-refractivity contribution in [3.8, 4) is 0 Å². The first-order valence-corrected chi connectivity index (χ1v) is 12.3. The van der Waals surface area contributed by atoms with Gasteiger partial charge in [0.1, 0.15) is 6.04 Å². The summed E-state index contributed by atoms with van der Waals surface area (Å²) in [6, 6.07) is 8.36. The van der Waals surface area contributed by atoms with E-state index in [2.05, 4.69) is 43.4 Å². The summed E-state index contributed by atoms with van der Waals surface area (Å²) in [5.74, 6) is 0.259. The summed E-state index contributed by atoms with van der Waals surface area (Å²) in [5.41, 5.74) is 2.68. The van der Waals surface area contributed by atoms with Gasteiger partial charge in [0.05, 0.1) is 0 Å². The van der Waals surface area contributed by atoms with Gasteiger partial charge >= 0.3 is 0 Å². The van der Waals surface area contributed by atoms with Crippen LogP contribution in [0.2, 0.25) is 0 Å². The van der Waals surface area contributed by atoms with E-state index < -0.39 is 0 Å². The Hall–Kier alpha value is -1.84. The minimum atomic E-state index is -0.276. The molecule has 2 amide bonds. The van der Waals surface area contributed by atoms with Crippen LogP contribution < -0.4 is 5.32 Å². The monoisotopic (exact) mass is 412 g/mol. The van der Waals surface area contributed by atoms with Crippen molar-refractivity contribution in [2.75, 3.05) is 6.54 Å². The highest BCUT2D eigenvalue weighted by Gasteiger charge is 2.38. The van der Waals surface area contributed by atoms with Crippen LogP contribution in [-0.4, -0.2) is 35.3 Å². The standard InChI is InChI=1S/C26H40N2O2/c1-3-4-5-6-7-8-12-20(2)27-25(29)24-15-11-18-28(24)26(30)23-17-16-21-13-9-10-14-22(21)19-23/h9-10,13-14,20,23-24H,3-8,11-12,15-19H2,1-2H3,(H,27,29). The van der Waals surface area contributed by atoms with E-state index in [9.17, 15) is 9.59 Å². The van der Waals surface area contributed by atoms with E-state index >= 15 is 0 Å². The first kappa shape index (κ1) is 22.8. The van der Waals surface area contributed by atoms with Crippen LogP contribution in [0.4, 0.5) is 0 Å². The minimum absolute atomic E-state index is 0.0221. The second-order valence-electron chi connectivity index (χ2n) is 9.36. The molecule has 1 aromatic rings. The quantitative estimate of drug-likeness (QED) is 0.548. The van der Waals surface area contributed by atoms with Gasteiger partial charge in [-0.25, -0.2) is 0 Å². The van der Waals surface area contributed by atoms with Crippen molar-refractivity contribution in [1.29, 1.82) is 0 Å². The molecule has 166 valence electrons. The molecule has 1 aromatic carbocycles. The summed E-state index contributed by atoms with van der Waals surface area (Å²) in [6.07, 6.45) is 13.1. The third-order valence-corrected chi connectivity index (χ3v) is 6.91. The molecule has 30 heavy (non-hydrogen) atoms. The Balaban J connectivity index is 1.46. The molecular weight excluding hydrogens is 372 g/mol. The number of nitrogens with one attached hydrogen (secondary N) is 1. The van der Waals surface area contributed by atoms with Crippen LogP contribution in [0.3, 0.4) is 0 Å². The number of rotatable bonds is 10. The minimum Gasteiger partial charge on any atom is -0.352 e. The average Bonchev–Trinajstić information content (AvgIpc) is 3.25. The Morgan fingerprint density at radius 2 is 1.80 bits per heavy atom. The molecule has 2 aliphatic rings. The van der Waals surface area contributed by atoms with Crippen molar-refractivity contribution in [3.05, 3.63) is 35.4 Å². The Kier molecular flexibility index (Phi) is 8.77. The Morgan fingerprint density at radius 1 is 1.07 bits per heavy atom. The average molecular weight is 413 g/mol. The lowest BCUT2D eigenvalue weighted by atomic mass is 9.83. The molecule has 4 heteroatoms. The molecule has 1 heterocycles. The summed E-state index contributed by atoms with van der Waals surface area (Å²) in [4.78, 5) is 28.1. The number of hydrogen-bond acceptors (Lipinski definition) is 2. The number of aryl methyl sites for hydroxylation is 1. The fourth-order valence-corrected chi connectivity index (χ4v) is 5.09. The number of benzene rings is 1. The van der Waals surface area contributed by atoms with E-state index in [0.29, 0.717) is 0 Å². The first-order chi connectivity index (χ1) is 14.6. The Labute approximate surface area is 182 Å². The Bertz CT molecular complexity index is 702. The van der Waals surface area contributed by atoms with E-state index in [1.807, 2.05) is 4.90 Å². The number of unbranched alkanes of at least 4 members (excludes halogenated alkanes) is 5. The molecule has 3 atom stereocenters.